The van der Waals surface area contributed by atoms with Crippen molar-refractivity contribution in [1.82, 2.24) is 5.32 Å². The maximum absolute atomic E-state index is 11.6. The Kier molecular flexibility index (Phi) is 3.85. The van der Waals surface area contributed by atoms with Crippen LogP contribution in [0.1, 0.15) is 34.9 Å². The molecule has 0 radical (unpaired) electrons. The van der Waals surface area contributed by atoms with Gasteiger partial charge in [-0.1, -0.05) is 18.2 Å². The van der Waals surface area contributed by atoms with Crippen molar-refractivity contribution in [3.8, 4) is 0 Å². The molecule has 2 aromatic rings. The number of benzene rings is 1. The molecule has 20 heavy (non-hydrogen) atoms. The highest BCUT2D eigenvalue weighted by Gasteiger charge is 2.17. The zero-order valence-corrected chi connectivity index (χ0v) is 12.3. The first-order valence-electron chi connectivity index (χ1n) is 6.91. The van der Waals surface area contributed by atoms with Gasteiger partial charge in [0.25, 0.3) is 0 Å². The molecule has 3 nitrogen and oxygen atoms in total. The Morgan fingerprint density at radius 2 is 2.20 bits per heavy atom. The zero-order valence-electron chi connectivity index (χ0n) is 11.5. The van der Waals surface area contributed by atoms with Crippen molar-refractivity contribution < 1.29 is 4.79 Å². The minimum Gasteiger partial charge on any atom is -0.326 e. The second kappa shape index (κ2) is 5.77. The van der Waals surface area contributed by atoms with Gasteiger partial charge in [0.05, 0.1) is 6.04 Å². The van der Waals surface area contributed by atoms with Gasteiger partial charge in [-0.05, 0) is 48.5 Å². The van der Waals surface area contributed by atoms with Crippen LogP contribution in [0.4, 0.5) is 5.69 Å². The van der Waals surface area contributed by atoms with Crippen molar-refractivity contribution in [2.24, 2.45) is 0 Å². The number of hydrogen-bond donors (Lipinski definition) is 2. The predicted molar refractivity (Wildman–Crippen MR) is 83.2 cm³/mol. The molecule has 1 aromatic carbocycles. The molecule has 0 saturated heterocycles. The Morgan fingerprint density at radius 3 is 2.95 bits per heavy atom. The number of amides is 1. The number of nitrogens with one attached hydrogen (secondary N) is 2. The summed E-state index contributed by atoms with van der Waals surface area (Å²) in [6.07, 6.45) is 2.50. The summed E-state index contributed by atoms with van der Waals surface area (Å²) >= 11 is 1.76. The highest BCUT2D eigenvalue weighted by molar-refractivity contribution is 7.10. The van der Waals surface area contributed by atoms with E-state index in [0.717, 1.165) is 18.5 Å². The molecule has 1 aliphatic rings. The van der Waals surface area contributed by atoms with Crippen molar-refractivity contribution in [3.63, 3.8) is 0 Å². The van der Waals surface area contributed by atoms with Gasteiger partial charge in [-0.3, -0.25) is 4.79 Å². The Labute approximate surface area is 123 Å². The van der Waals surface area contributed by atoms with Gasteiger partial charge < -0.3 is 10.6 Å². The Balaban J connectivity index is 1.95. The molecule has 0 bridgehead atoms. The number of anilines is 1. The third-order valence-electron chi connectivity index (χ3n) is 3.70. The number of rotatable bonds is 3. The lowest BCUT2D eigenvalue weighted by atomic mass is 9.99. The summed E-state index contributed by atoms with van der Waals surface area (Å²) in [4.78, 5) is 12.9. The first kappa shape index (κ1) is 13.3. The fourth-order valence-electron chi connectivity index (χ4n) is 2.70. The molecule has 4 heteroatoms. The number of hydrogen-bond acceptors (Lipinski definition) is 3. The SMILES string of the molecule is CNC(c1ccc2c(c1)CCCC(=O)N2)c1cccs1. The van der Waals surface area contributed by atoms with Crippen LogP contribution in [0.2, 0.25) is 0 Å². The standard InChI is InChI=1S/C16H18N2OS/c1-17-16(14-5-3-9-20-14)12-7-8-13-11(10-12)4-2-6-15(19)18-13/h3,5,7-10,16-17H,2,4,6H2,1H3,(H,18,19). The number of thiophene rings is 1. The van der Waals surface area contributed by atoms with Crippen LogP contribution in [0.5, 0.6) is 0 Å². The molecular formula is C16H18N2OS. The van der Waals surface area contributed by atoms with Crippen LogP contribution in [0.15, 0.2) is 35.7 Å². The molecule has 1 amide bonds. The van der Waals surface area contributed by atoms with Gasteiger partial charge in [-0.15, -0.1) is 11.3 Å². The maximum Gasteiger partial charge on any atom is 0.224 e. The minimum atomic E-state index is 0.125. The summed E-state index contributed by atoms with van der Waals surface area (Å²) in [5.41, 5.74) is 3.47. The molecular weight excluding hydrogens is 268 g/mol. The van der Waals surface area contributed by atoms with E-state index in [0.29, 0.717) is 6.42 Å². The van der Waals surface area contributed by atoms with Gasteiger partial charge in [0.1, 0.15) is 0 Å². The maximum atomic E-state index is 11.6. The van der Waals surface area contributed by atoms with Crippen molar-refractivity contribution >= 4 is 22.9 Å². The summed E-state index contributed by atoms with van der Waals surface area (Å²) in [6.45, 7) is 0. The fourth-order valence-corrected chi connectivity index (χ4v) is 3.56. The summed E-state index contributed by atoms with van der Waals surface area (Å²) in [6, 6.07) is 10.8. The summed E-state index contributed by atoms with van der Waals surface area (Å²) in [5.74, 6) is 0.125. The molecule has 3 rings (SSSR count). The normalized spacial score (nSPS) is 16.1. The van der Waals surface area contributed by atoms with Gasteiger partial charge in [-0.25, -0.2) is 0 Å². The molecule has 1 atom stereocenters. The Morgan fingerprint density at radius 1 is 1.30 bits per heavy atom. The third-order valence-corrected chi connectivity index (χ3v) is 4.64. The smallest absolute Gasteiger partial charge is 0.224 e. The van der Waals surface area contributed by atoms with Crippen LogP contribution in [-0.4, -0.2) is 13.0 Å². The van der Waals surface area contributed by atoms with Gasteiger partial charge in [0.15, 0.2) is 0 Å². The Bertz CT molecular complexity index is 607. The molecule has 0 saturated carbocycles. The van der Waals surface area contributed by atoms with Crippen LogP contribution in [0, 0.1) is 0 Å². The number of aryl methyl sites for hydroxylation is 1. The average Bonchev–Trinajstić information content (AvgIpc) is 2.89. The van der Waals surface area contributed by atoms with Crippen LogP contribution >= 0.6 is 11.3 Å². The van der Waals surface area contributed by atoms with E-state index < -0.39 is 0 Å². The molecule has 1 aromatic heterocycles. The molecule has 2 heterocycles. The van der Waals surface area contributed by atoms with Gasteiger partial charge in [0.2, 0.25) is 5.91 Å². The molecule has 1 unspecified atom stereocenters. The number of fused-ring (bicyclic) bond motifs is 1. The predicted octanol–water partition coefficient (Wildman–Crippen LogP) is 3.33. The first-order chi connectivity index (χ1) is 9.78. The van der Waals surface area contributed by atoms with E-state index in [4.69, 9.17) is 0 Å². The Hall–Kier alpha value is -1.65. The zero-order chi connectivity index (χ0) is 13.9. The van der Waals surface area contributed by atoms with Crippen molar-refractivity contribution in [3.05, 3.63) is 51.7 Å². The monoisotopic (exact) mass is 286 g/mol. The average molecular weight is 286 g/mol. The summed E-state index contributed by atoms with van der Waals surface area (Å²) in [5, 5.41) is 8.46. The van der Waals surface area contributed by atoms with Gasteiger partial charge in [-0.2, -0.15) is 0 Å². The van der Waals surface area contributed by atoms with Crippen molar-refractivity contribution in [2.45, 2.75) is 25.3 Å². The fraction of sp³-hybridized carbons (Fsp3) is 0.312. The van der Waals surface area contributed by atoms with Crippen molar-refractivity contribution in [1.29, 1.82) is 0 Å². The molecule has 2 N–H and O–H groups in total. The van der Waals surface area contributed by atoms with Crippen LogP contribution < -0.4 is 10.6 Å². The molecule has 0 spiro atoms. The van der Waals surface area contributed by atoms with Gasteiger partial charge >= 0.3 is 0 Å². The molecule has 1 aliphatic heterocycles. The quantitative estimate of drug-likeness (QED) is 0.908. The highest BCUT2D eigenvalue weighted by atomic mass is 32.1. The third kappa shape index (κ3) is 2.62. The van der Waals surface area contributed by atoms with Crippen molar-refractivity contribution in [2.75, 3.05) is 12.4 Å². The molecule has 0 aliphatic carbocycles. The van der Waals surface area contributed by atoms with E-state index in [1.807, 2.05) is 13.1 Å². The van der Waals surface area contributed by atoms with E-state index >= 15 is 0 Å². The topological polar surface area (TPSA) is 41.1 Å². The van der Waals surface area contributed by atoms with E-state index in [9.17, 15) is 4.79 Å². The van der Waals surface area contributed by atoms with Crippen LogP contribution in [-0.2, 0) is 11.2 Å². The van der Waals surface area contributed by atoms with E-state index in [1.54, 1.807) is 11.3 Å². The summed E-state index contributed by atoms with van der Waals surface area (Å²) < 4.78 is 0. The minimum absolute atomic E-state index is 0.125. The largest absolute Gasteiger partial charge is 0.326 e. The number of carbonyl (C=O) groups is 1. The lowest BCUT2D eigenvalue weighted by molar-refractivity contribution is -0.116. The van der Waals surface area contributed by atoms with E-state index in [1.165, 1.54) is 16.0 Å². The van der Waals surface area contributed by atoms with Crippen LogP contribution in [0.25, 0.3) is 0 Å². The lowest BCUT2D eigenvalue weighted by Gasteiger charge is -2.17. The van der Waals surface area contributed by atoms with Crippen LogP contribution in [0.3, 0.4) is 0 Å². The lowest BCUT2D eigenvalue weighted by Crippen LogP contribution is -2.17. The second-order valence-electron chi connectivity index (χ2n) is 5.06. The molecule has 104 valence electrons. The van der Waals surface area contributed by atoms with Gasteiger partial charge in [0, 0.05) is 17.0 Å². The summed E-state index contributed by atoms with van der Waals surface area (Å²) in [7, 11) is 1.98. The molecule has 0 fully saturated rings. The highest BCUT2D eigenvalue weighted by Crippen LogP contribution is 2.30. The first-order valence-corrected chi connectivity index (χ1v) is 7.79. The van der Waals surface area contributed by atoms with E-state index in [-0.39, 0.29) is 11.9 Å². The second-order valence-corrected chi connectivity index (χ2v) is 6.03. The van der Waals surface area contributed by atoms with E-state index in [2.05, 4.69) is 40.3 Å². The number of carbonyl (C=O) groups excluding carboxylic acids is 1.